The minimum atomic E-state index is -1.19. The second kappa shape index (κ2) is 6.30. The maximum atomic E-state index is 13.5. The first-order valence-corrected chi connectivity index (χ1v) is 5.81. The lowest BCUT2D eigenvalue weighted by atomic mass is 10.0. The summed E-state index contributed by atoms with van der Waals surface area (Å²) in [4.78, 5) is 0. The van der Waals surface area contributed by atoms with Crippen molar-refractivity contribution in [3.05, 3.63) is 34.1 Å². The van der Waals surface area contributed by atoms with E-state index in [9.17, 15) is 14.6 Å². The summed E-state index contributed by atoms with van der Waals surface area (Å²) in [5.41, 5.74) is 0.117. The van der Waals surface area contributed by atoms with Gasteiger partial charge in [0.2, 0.25) is 0 Å². The summed E-state index contributed by atoms with van der Waals surface area (Å²) in [5, 5.41) is 22.2. The van der Waals surface area contributed by atoms with Crippen molar-refractivity contribution in [3.63, 3.8) is 0 Å². The van der Waals surface area contributed by atoms with Crippen molar-refractivity contribution in [1.82, 2.24) is 5.32 Å². The van der Waals surface area contributed by atoms with Crippen LogP contribution in [0.1, 0.15) is 18.1 Å². The van der Waals surface area contributed by atoms with Crippen molar-refractivity contribution in [2.24, 2.45) is 0 Å². The van der Waals surface area contributed by atoms with Crippen LogP contribution in [0.15, 0.2) is 22.7 Å². The Labute approximate surface area is 102 Å². The molecule has 90 valence electrons. The molecular formula is C11H15BrFNO2. The number of rotatable bonds is 5. The minimum absolute atomic E-state index is 0.117. The smallest absolute Gasteiger partial charge is 0.130 e. The van der Waals surface area contributed by atoms with Crippen molar-refractivity contribution in [2.45, 2.75) is 18.6 Å². The third-order valence-corrected chi connectivity index (χ3v) is 2.83. The first-order chi connectivity index (χ1) is 7.56. The minimum Gasteiger partial charge on any atom is -0.390 e. The molecule has 0 amide bonds. The second-order valence-electron chi connectivity index (χ2n) is 3.57. The molecule has 3 nitrogen and oxygen atoms in total. The molecule has 0 aliphatic heterocycles. The van der Waals surface area contributed by atoms with Crippen molar-refractivity contribution < 1.29 is 14.6 Å². The molecule has 0 aromatic heterocycles. The van der Waals surface area contributed by atoms with Gasteiger partial charge in [-0.3, -0.25) is 0 Å². The molecule has 0 radical (unpaired) electrons. The van der Waals surface area contributed by atoms with Gasteiger partial charge in [0.25, 0.3) is 0 Å². The van der Waals surface area contributed by atoms with E-state index in [1.54, 1.807) is 13.1 Å². The molecule has 0 bridgehead atoms. The number of halogens is 2. The van der Waals surface area contributed by atoms with Crippen molar-refractivity contribution in [3.8, 4) is 0 Å². The third kappa shape index (κ3) is 3.52. The molecule has 0 aliphatic rings. The zero-order valence-corrected chi connectivity index (χ0v) is 10.5. The van der Waals surface area contributed by atoms with E-state index in [0.29, 0.717) is 17.4 Å². The van der Waals surface area contributed by atoms with Crippen LogP contribution in [0.5, 0.6) is 0 Å². The van der Waals surface area contributed by atoms with Crippen molar-refractivity contribution >= 4 is 15.9 Å². The Morgan fingerprint density at radius 2 is 2.12 bits per heavy atom. The fourth-order valence-corrected chi connectivity index (χ4v) is 1.73. The summed E-state index contributed by atoms with van der Waals surface area (Å²) in [7, 11) is 1.75. The maximum Gasteiger partial charge on any atom is 0.130 e. The molecule has 0 heterocycles. The lowest BCUT2D eigenvalue weighted by molar-refractivity contribution is 0.0120. The molecule has 2 atom stereocenters. The fourth-order valence-electron chi connectivity index (χ4n) is 1.40. The van der Waals surface area contributed by atoms with E-state index in [4.69, 9.17) is 0 Å². The first-order valence-electron chi connectivity index (χ1n) is 5.02. The number of nitrogens with one attached hydrogen (secondary N) is 1. The van der Waals surface area contributed by atoms with Crippen LogP contribution < -0.4 is 5.32 Å². The molecule has 0 spiro atoms. The summed E-state index contributed by atoms with van der Waals surface area (Å²) in [5.74, 6) is -0.523. The first kappa shape index (κ1) is 13.6. The van der Waals surface area contributed by atoms with E-state index in [-0.39, 0.29) is 5.56 Å². The third-order valence-electron chi connectivity index (χ3n) is 2.34. The molecular weight excluding hydrogens is 277 g/mol. The maximum absolute atomic E-state index is 13.5. The topological polar surface area (TPSA) is 52.5 Å². The zero-order valence-electron chi connectivity index (χ0n) is 8.95. The van der Waals surface area contributed by atoms with Crippen molar-refractivity contribution in [1.29, 1.82) is 0 Å². The van der Waals surface area contributed by atoms with E-state index in [1.165, 1.54) is 12.1 Å². The molecule has 0 aliphatic carbocycles. The Hall–Kier alpha value is -0.490. The number of aliphatic hydroxyl groups excluding tert-OH is 2. The van der Waals surface area contributed by atoms with Gasteiger partial charge in [0.1, 0.15) is 11.9 Å². The van der Waals surface area contributed by atoms with Gasteiger partial charge in [-0.05, 0) is 32.1 Å². The lowest BCUT2D eigenvalue weighted by Crippen LogP contribution is -2.23. The molecule has 1 aromatic rings. The summed E-state index contributed by atoms with van der Waals surface area (Å²) < 4.78 is 14.1. The highest BCUT2D eigenvalue weighted by atomic mass is 79.9. The van der Waals surface area contributed by atoms with Crippen LogP contribution in [-0.4, -0.2) is 29.9 Å². The van der Waals surface area contributed by atoms with Crippen LogP contribution in [0.3, 0.4) is 0 Å². The highest BCUT2D eigenvalue weighted by molar-refractivity contribution is 9.10. The Morgan fingerprint density at radius 1 is 1.44 bits per heavy atom. The second-order valence-corrected chi connectivity index (χ2v) is 4.49. The van der Waals surface area contributed by atoms with Gasteiger partial charge in [0, 0.05) is 10.0 Å². The van der Waals surface area contributed by atoms with Gasteiger partial charge < -0.3 is 15.5 Å². The van der Waals surface area contributed by atoms with E-state index < -0.39 is 18.0 Å². The van der Waals surface area contributed by atoms with E-state index in [1.807, 2.05) is 0 Å². The largest absolute Gasteiger partial charge is 0.390 e. The van der Waals surface area contributed by atoms with E-state index in [0.717, 1.165) is 0 Å². The zero-order chi connectivity index (χ0) is 12.1. The predicted octanol–water partition coefficient (Wildman–Crippen LogP) is 1.59. The Morgan fingerprint density at radius 3 is 2.69 bits per heavy atom. The normalized spacial score (nSPS) is 14.8. The average molecular weight is 292 g/mol. The number of benzene rings is 1. The number of hydrogen-bond acceptors (Lipinski definition) is 3. The summed E-state index contributed by atoms with van der Waals surface area (Å²) >= 11 is 3.13. The number of aliphatic hydroxyl groups is 2. The van der Waals surface area contributed by atoms with Crippen LogP contribution in [0.25, 0.3) is 0 Å². The molecule has 0 saturated heterocycles. The highest BCUT2D eigenvalue weighted by Gasteiger charge is 2.20. The highest BCUT2D eigenvalue weighted by Crippen LogP contribution is 2.24. The molecule has 0 saturated carbocycles. The van der Waals surface area contributed by atoms with Crippen LogP contribution in [-0.2, 0) is 0 Å². The SMILES string of the molecule is CNCCC(O)C(O)c1ccc(Br)cc1F. The van der Waals surface area contributed by atoms with Gasteiger partial charge in [-0.2, -0.15) is 0 Å². The fraction of sp³-hybridized carbons (Fsp3) is 0.455. The average Bonchev–Trinajstić information content (AvgIpc) is 2.25. The van der Waals surface area contributed by atoms with Gasteiger partial charge in [-0.15, -0.1) is 0 Å². The van der Waals surface area contributed by atoms with Gasteiger partial charge >= 0.3 is 0 Å². The summed E-state index contributed by atoms with van der Waals surface area (Å²) in [6.07, 6.45) is -1.79. The van der Waals surface area contributed by atoms with Crippen molar-refractivity contribution in [2.75, 3.05) is 13.6 Å². The van der Waals surface area contributed by atoms with Crippen LogP contribution in [0.2, 0.25) is 0 Å². The van der Waals surface area contributed by atoms with Crippen LogP contribution in [0, 0.1) is 5.82 Å². The standard InChI is InChI=1S/C11H15BrFNO2/c1-14-5-4-10(15)11(16)8-3-2-7(12)6-9(8)13/h2-3,6,10-11,14-16H,4-5H2,1H3. The molecule has 2 unspecified atom stereocenters. The van der Waals surface area contributed by atoms with E-state index >= 15 is 0 Å². The molecule has 5 heteroatoms. The lowest BCUT2D eigenvalue weighted by Gasteiger charge is -2.18. The molecule has 3 N–H and O–H groups in total. The molecule has 0 fully saturated rings. The van der Waals surface area contributed by atoms with Crippen LogP contribution in [0.4, 0.5) is 4.39 Å². The van der Waals surface area contributed by atoms with Gasteiger partial charge in [0.05, 0.1) is 6.10 Å². The molecule has 1 rings (SSSR count). The van der Waals surface area contributed by atoms with E-state index in [2.05, 4.69) is 21.2 Å². The molecule has 16 heavy (non-hydrogen) atoms. The Kier molecular flexibility index (Phi) is 5.34. The number of hydrogen-bond donors (Lipinski definition) is 3. The van der Waals surface area contributed by atoms with Crippen LogP contribution >= 0.6 is 15.9 Å². The summed E-state index contributed by atoms with van der Waals surface area (Å²) in [6.45, 7) is 0.566. The Bertz CT molecular complexity index is 349. The monoisotopic (exact) mass is 291 g/mol. The van der Waals surface area contributed by atoms with Gasteiger partial charge in [-0.25, -0.2) is 4.39 Å². The summed E-state index contributed by atoms with van der Waals surface area (Å²) in [6, 6.07) is 4.36. The van der Waals surface area contributed by atoms with Gasteiger partial charge in [0.15, 0.2) is 0 Å². The molecule has 1 aromatic carbocycles. The predicted molar refractivity (Wildman–Crippen MR) is 63.6 cm³/mol. The van der Waals surface area contributed by atoms with Gasteiger partial charge in [-0.1, -0.05) is 22.0 Å². The Balaban J connectivity index is 2.75. The quantitative estimate of drug-likeness (QED) is 0.772.